The molecule has 4 heteroatoms. The summed E-state index contributed by atoms with van der Waals surface area (Å²) < 4.78 is 13.2. The molecule has 4 aromatic rings. The molecule has 1 aliphatic rings. The van der Waals surface area contributed by atoms with Crippen LogP contribution >= 0.6 is 0 Å². The summed E-state index contributed by atoms with van der Waals surface area (Å²) in [6, 6.07) is 14.0. The molecule has 0 radical (unpaired) electrons. The van der Waals surface area contributed by atoms with Crippen molar-refractivity contribution in [1.29, 1.82) is 0 Å². The maximum absolute atomic E-state index is 13.2. The first kappa shape index (κ1) is 17.1. The number of H-pyrrole nitrogens is 1. The molecule has 1 N–H and O–H groups in total. The minimum absolute atomic E-state index is 0.456. The molecule has 0 atom stereocenters. The van der Waals surface area contributed by atoms with Crippen LogP contribution in [0.4, 0.5) is 4.39 Å². The fraction of sp³-hybridized carbons (Fsp3) is 0.250. The van der Waals surface area contributed by atoms with Crippen molar-refractivity contribution in [1.82, 2.24) is 15.0 Å². The van der Waals surface area contributed by atoms with Gasteiger partial charge in [0.2, 0.25) is 5.95 Å². The summed E-state index contributed by atoms with van der Waals surface area (Å²) in [6.07, 6.45) is 5.00. The number of nitrogens with zero attached hydrogens (tertiary/aromatic N) is 2. The molecule has 3 heterocycles. The van der Waals surface area contributed by atoms with E-state index >= 15 is 0 Å². The lowest BCUT2D eigenvalue weighted by Gasteiger charge is -2.07. The van der Waals surface area contributed by atoms with Gasteiger partial charge in [0.05, 0.1) is 5.69 Å². The van der Waals surface area contributed by atoms with Crippen molar-refractivity contribution in [3.8, 4) is 22.4 Å². The Hall–Kier alpha value is -3.01. The van der Waals surface area contributed by atoms with Gasteiger partial charge >= 0.3 is 0 Å². The van der Waals surface area contributed by atoms with Crippen LogP contribution in [-0.4, -0.2) is 15.0 Å². The van der Waals surface area contributed by atoms with Crippen molar-refractivity contribution < 1.29 is 4.39 Å². The molecule has 1 aliphatic carbocycles. The van der Waals surface area contributed by atoms with Crippen LogP contribution in [0.3, 0.4) is 0 Å². The van der Waals surface area contributed by atoms with Gasteiger partial charge in [-0.1, -0.05) is 19.1 Å². The van der Waals surface area contributed by atoms with Gasteiger partial charge in [-0.2, -0.15) is 4.39 Å². The Morgan fingerprint density at radius 2 is 1.86 bits per heavy atom. The standard InChI is InChI=1S/C24H22FN3/c1-3-19-11-18(10-14(2)27-19)24-23(15-4-5-15)20-8-6-16(12-21(20)28-24)17-7-9-22(25)26-13-17/h6-13,15,28H,3-5H2,1-2H3. The third-order valence-electron chi connectivity index (χ3n) is 5.54. The van der Waals surface area contributed by atoms with E-state index in [2.05, 4.69) is 59.1 Å². The first-order valence-corrected chi connectivity index (χ1v) is 9.88. The molecule has 140 valence electrons. The Balaban J connectivity index is 1.68. The average Bonchev–Trinajstić information content (AvgIpc) is 3.47. The molecule has 28 heavy (non-hydrogen) atoms. The van der Waals surface area contributed by atoms with E-state index in [0.29, 0.717) is 5.92 Å². The van der Waals surface area contributed by atoms with Gasteiger partial charge in [0.25, 0.3) is 0 Å². The molecule has 5 rings (SSSR count). The number of fused-ring (bicyclic) bond motifs is 1. The van der Waals surface area contributed by atoms with E-state index in [9.17, 15) is 4.39 Å². The summed E-state index contributed by atoms with van der Waals surface area (Å²) >= 11 is 0. The smallest absolute Gasteiger partial charge is 0.212 e. The Kier molecular flexibility index (Phi) is 4.00. The zero-order valence-electron chi connectivity index (χ0n) is 16.1. The molecule has 0 saturated heterocycles. The highest BCUT2D eigenvalue weighted by Gasteiger charge is 2.30. The van der Waals surface area contributed by atoms with Crippen LogP contribution < -0.4 is 0 Å². The second kappa shape index (κ2) is 6.55. The van der Waals surface area contributed by atoms with E-state index in [0.717, 1.165) is 34.5 Å². The van der Waals surface area contributed by atoms with E-state index < -0.39 is 5.95 Å². The summed E-state index contributed by atoms with van der Waals surface area (Å²) in [5.41, 5.74) is 9.09. The number of halogens is 1. The number of rotatable bonds is 4. The Morgan fingerprint density at radius 1 is 1.04 bits per heavy atom. The van der Waals surface area contributed by atoms with Crippen molar-refractivity contribution >= 4 is 10.9 Å². The zero-order valence-corrected chi connectivity index (χ0v) is 16.1. The molecule has 0 amide bonds. The topological polar surface area (TPSA) is 41.6 Å². The number of nitrogens with one attached hydrogen (secondary N) is 1. The van der Waals surface area contributed by atoms with Crippen molar-refractivity contribution in [3.05, 3.63) is 71.6 Å². The molecule has 0 unspecified atom stereocenters. The molecular weight excluding hydrogens is 349 g/mol. The first-order chi connectivity index (χ1) is 13.6. The number of pyridine rings is 2. The number of benzene rings is 1. The van der Waals surface area contributed by atoms with Crippen molar-refractivity contribution in [3.63, 3.8) is 0 Å². The lowest BCUT2D eigenvalue weighted by molar-refractivity contribution is 0.584. The first-order valence-electron chi connectivity index (χ1n) is 9.88. The highest BCUT2D eigenvalue weighted by molar-refractivity contribution is 5.94. The van der Waals surface area contributed by atoms with Crippen LogP contribution in [0.15, 0.2) is 48.7 Å². The van der Waals surface area contributed by atoms with Crippen LogP contribution in [0, 0.1) is 12.9 Å². The van der Waals surface area contributed by atoms with E-state index in [-0.39, 0.29) is 0 Å². The Labute approximate surface area is 163 Å². The van der Waals surface area contributed by atoms with E-state index in [1.165, 1.54) is 41.1 Å². The van der Waals surface area contributed by atoms with Gasteiger partial charge in [0.1, 0.15) is 0 Å². The molecule has 3 nitrogen and oxygen atoms in total. The molecule has 1 saturated carbocycles. The van der Waals surface area contributed by atoms with Gasteiger partial charge < -0.3 is 4.98 Å². The largest absolute Gasteiger partial charge is 0.354 e. The second-order valence-electron chi connectivity index (χ2n) is 7.66. The summed E-state index contributed by atoms with van der Waals surface area (Å²) in [5.74, 6) is 0.170. The molecule has 1 aromatic carbocycles. The number of aromatic nitrogens is 3. The molecular formula is C24H22FN3. The predicted molar refractivity (Wildman–Crippen MR) is 111 cm³/mol. The van der Waals surface area contributed by atoms with E-state index in [4.69, 9.17) is 0 Å². The van der Waals surface area contributed by atoms with Gasteiger partial charge in [0.15, 0.2) is 0 Å². The third-order valence-corrected chi connectivity index (χ3v) is 5.54. The maximum Gasteiger partial charge on any atom is 0.212 e. The van der Waals surface area contributed by atoms with Crippen LogP contribution in [0.25, 0.3) is 33.3 Å². The average molecular weight is 371 g/mol. The SMILES string of the molecule is CCc1cc(-c2[nH]c3cc(-c4ccc(F)nc4)ccc3c2C2CC2)cc(C)n1. The lowest BCUT2D eigenvalue weighted by Crippen LogP contribution is -1.93. The van der Waals surface area contributed by atoms with Crippen molar-refractivity contribution in [2.24, 2.45) is 0 Å². The van der Waals surface area contributed by atoms with Crippen LogP contribution in [-0.2, 0) is 6.42 Å². The molecule has 1 fully saturated rings. The van der Waals surface area contributed by atoms with Crippen LogP contribution in [0.2, 0.25) is 0 Å². The molecule has 0 spiro atoms. The third kappa shape index (κ3) is 2.99. The fourth-order valence-corrected chi connectivity index (χ4v) is 4.03. The predicted octanol–water partition coefficient (Wildman–Crippen LogP) is 6.18. The highest BCUT2D eigenvalue weighted by Crippen LogP contribution is 2.48. The number of hydrogen-bond donors (Lipinski definition) is 1. The van der Waals surface area contributed by atoms with Crippen molar-refractivity contribution in [2.75, 3.05) is 0 Å². The minimum atomic E-state index is -0.456. The summed E-state index contributed by atoms with van der Waals surface area (Å²) in [5, 5.41) is 1.28. The summed E-state index contributed by atoms with van der Waals surface area (Å²) in [4.78, 5) is 12.1. The summed E-state index contributed by atoms with van der Waals surface area (Å²) in [6.45, 7) is 4.20. The number of aryl methyl sites for hydroxylation is 2. The van der Waals surface area contributed by atoms with E-state index in [1.54, 1.807) is 12.3 Å². The Morgan fingerprint density at radius 3 is 2.57 bits per heavy atom. The maximum atomic E-state index is 13.2. The van der Waals surface area contributed by atoms with Crippen molar-refractivity contribution in [2.45, 2.75) is 39.0 Å². The lowest BCUT2D eigenvalue weighted by atomic mass is 9.99. The monoisotopic (exact) mass is 371 g/mol. The highest BCUT2D eigenvalue weighted by atomic mass is 19.1. The van der Waals surface area contributed by atoms with Gasteiger partial charge in [-0.3, -0.25) is 4.98 Å². The zero-order chi connectivity index (χ0) is 19.3. The number of hydrogen-bond acceptors (Lipinski definition) is 2. The van der Waals surface area contributed by atoms with Crippen LogP contribution in [0.5, 0.6) is 0 Å². The van der Waals surface area contributed by atoms with E-state index in [1.807, 2.05) is 0 Å². The molecule has 3 aromatic heterocycles. The fourth-order valence-electron chi connectivity index (χ4n) is 4.03. The van der Waals surface area contributed by atoms with Gasteiger partial charge in [-0.15, -0.1) is 0 Å². The molecule has 0 bridgehead atoms. The summed E-state index contributed by atoms with van der Waals surface area (Å²) in [7, 11) is 0. The van der Waals surface area contributed by atoms with Gasteiger partial charge in [0, 0.05) is 39.6 Å². The normalized spacial score (nSPS) is 14.0. The Bertz CT molecular complexity index is 1170. The van der Waals surface area contributed by atoms with Gasteiger partial charge in [-0.05, 0) is 73.6 Å². The van der Waals surface area contributed by atoms with Gasteiger partial charge in [-0.25, -0.2) is 4.98 Å². The second-order valence-corrected chi connectivity index (χ2v) is 7.66. The minimum Gasteiger partial charge on any atom is -0.354 e. The molecule has 0 aliphatic heterocycles. The number of aromatic amines is 1. The van der Waals surface area contributed by atoms with Crippen LogP contribution in [0.1, 0.15) is 42.6 Å². The quantitative estimate of drug-likeness (QED) is 0.435.